The van der Waals surface area contributed by atoms with Crippen LogP contribution in [-0.4, -0.2) is 107 Å². The zero-order valence-electron chi connectivity index (χ0n) is 13.9. The van der Waals surface area contributed by atoms with Crippen molar-refractivity contribution in [2.24, 2.45) is 0 Å². The minimum atomic E-state index is -0.724. The van der Waals surface area contributed by atoms with Crippen LogP contribution in [0.3, 0.4) is 0 Å². The Labute approximate surface area is 188 Å². The van der Waals surface area contributed by atoms with E-state index in [1.54, 1.807) is 0 Å². The second-order valence-corrected chi connectivity index (χ2v) is 3.44. The molecule has 0 fully saturated rings. The first-order valence-corrected chi connectivity index (χ1v) is 5.50. The minimum Gasteiger partial charge on any atom is -0.333 e. The average molecular weight is 397 g/mol. The molecule has 0 bridgehead atoms. The molecule has 0 amide bonds. The number of hydroxylamine groups is 4. The van der Waals surface area contributed by atoms with Gasteiger partial charge in [-0.05, 0) is 0 Å². The van der Waals surface area contributed by atoms with Gasteiger partial charge in [-0.3, -0.25) is 19.2 Å². The summed E-state index contributed by atoms with van der Waals surface area (Å²) in [6.45, 7) is 3.97. The van der Waals surface area contributed by atoms with Gasteiger partial charge in [0.15, 0.2) is 0 Å². The normalized spacial score (nSPS) is 8.78. The van der Waals surface area contributed by atoms with Crippen LogP contribution in [0.5, 0.6) is 0 Å². The molecule has 0 aromatic carbocycles. The molecular weight excluding hydrogens is 381 g/mol. The fraction of sp³-hybridized carbons (Fsp3) is 0.600. The van der Waals surface area contributed by atoms with Gasteiger partial charge in [0.25, 0.3) is 0 Å². The number of hydrogen-bond acceptors (Lipinski definition) is 10. The van der Waals surface area contributed by atoms with Crippen LogP contribution >= 0.6 is 0 Å². The van der Waals surface area contributed by atoms with Crippen LogP contribution in [0.25, 0.3) is 0 Å². The predicted molar refractivity (Wildman–Crippen MR) is 72.0 cm³/mol. The zero-order chi connectivity index (χ0) is 15.7. The third-order valence-corrected chi connectivity index (χ3v) is 1.39. The van der Waals surface area contributed by atoms with Crippen molar-refractivity contribution < 1.29 is 55.3 Å². The second-order valence-electron chi connectivity index (χ2n) is 3.44. The van der Waals surface area contributed by atoms with E-state index in [0.717, 1.165) is 27.7 Å². The van der Waals surface area contributed by atoms with E-state index in [9.17, 15) is 19.2 Å². The largest absolute Gasteiger partial charge is 0.333 e. The summed E-state index contributed by atoms with van der Waals surface area (Å²) in [7, 11) is 0. The summed E-state index contributed by atoms with van der Waals surface area (Å²) in [4.78, 5) is 61.4. The van der Waals surface area contributed by atoms with Crippen molar-refractivity contribution >= 4 is 83.0 Å². The van der Waals surface area contributed by atoms with Crippen LogP contribution in [0.2, 0.25) is 0 Å². The first-order chi connectivity index (χ1) is 9.20. The van der Waals surface area contributed by atoms with Crippen molar-refractivity contribution in [3.8, 4) is 0 Å². The van der Waals surface area contributed by atoms with E-state index < -0.39 is 23.9 Å². The molecule has 0 rings (SSSR count). The standard InChI is InChI=1S/C10H16N2O8.Co.2Na/c1-7(13)17-11(18-8(2)14)5-6-12(19-9(3)15)20-10(4)16;;;/h5-6H2,1-4H3;;;. The van der Waals surface area contributed by atoms with E-state index in [2.05, 4.69) is 19.4 Å². The quantitative estimate of drug-likeness (QED) is 0.381. The van der Waals surface area contributed by atoms with Gasteiger partial charge < -0.3 is 19.4 Å². The van der Waals surface area contributed by atoms with Crippen molar-refractivity contribution in [2.75, 3.05) is 13.1 Å². The molecule has 125 valence electrons. The Morgan fingerprint density at radius 2 is 0.783 bits per heavy atom. The fourth-order valence-corrected chi connectivity index (χ4v) is 0.957. The van der Waals surface area contributed by atoms with E-state index in [0.29, 0.717) is 10.5 Å². The first kappa shape index (κ1) is 31.1. The molecular formula is C10H16CoN2Na2O8. The van der Waals surface area contributed by atoms with Crippen molar-refractivity contribution in [2.45, 2.75) is 27.7 Å². The summed E-state index contributed by atoms with van der Waals surface area (Å²) in [5.74, 6) is -2.90. The summed E-state index contributed by atoms with van der Waals surface area (Å²) in [5.41, 5.74) is 0. The van der Waals surface area contributed by atoms with Crippen molar-refractivity contribution in [3.05, 3.63) is 0 Å². The molecule has 0 atom stereocenters. The Hall–Kier alpha value is 0.306. The van der Waals surface area contributed by atoms with E-state index in [-0.39, 0.29) is 89.0 Å². The fourth-order valence-electron chi connectivity index (χ4n) is 0.957. The molecule has 0 saturated heterocycles. The maximum Gasteiger partial charge on any atom is 0.326 e. The van der Waals surface area contributed by atoms with Crippen LogP contribution in [0.4, 0.5) is 0 Å². The third-order valence-electron chi connectivity index (χ3n) is 1.39. The Morgan fingerprint density at radius 3 is 0.913 bits per heavy atom. The monoisotopic (exact) mass is 397 g/mol. The van der Waals surface area contributed by atoms with Crippen molar-refractivity contribution in [3.63, 3.8) is 0 Å². The van der Waals surface area contributed by atoms with Gasteiger partial charge in [0.2, 0.25) is 0 Å². The molecule has 0 heterocycles. The summed E-state index contributed by atoms with van der Waals surface area (Å²) in [6.07, 6.45) is 0. The molecule has 13 heteroatoms. The molecule has 0 aromatic rings. The van der Waals surface area contributed by atoms with Crippen LogP contribution in [0.1, 0.15) is 27.7 Å². The molecule has 10 nitrogen and oxygen atoms in total. The maximum atomic E-state index is 10.8. The Bertz CT molecular complexity index is 331. The first-order valence-electron chi connectivity index (χ1n) is 5.50. The Morgan fingerprint density at radius 1 is 0.609 bits per heavy atom. The number of carbonyl (C=O) groups is 4. The maximum absolute atomic E-state index is 10.8. The minimum absolute atomic E-state index is 0. The van der Waals surface area contributed by atoms with Gasteiger partial charge in [-0.15, -0.1) is 0 Å². The summed E-state index contributed by atoms with van der Waals surface area (Å²) in [6, 6.07) is 0. The van der Waals surface area contributed by atoms with Crippen LogP contribution < -0.4 is 0 Å². The van der Waals surface area contributed by atoms with Gasteiger partial charge in [0, 0.05) is 114 Å². The Kier molecular flexibility index (Phi) is 23.2. The molecule has 0 N–H and O–H groups in total. The molecule has 0 aromatic heterocycles. The SMILES string of the molecule is CC(=O)ON(CCN(OC(C)=O)OC(C)=O)OC(C)=O.[Co].[Na].[Na]. The van der Waals surface area contributed by atoms with Crippen LogP contribution in [-0.2, 0) is 55.3 Å². The van der Waals surface area contributed by atoms with Crippen molar-refractivity contribution in [1.29, 1.82) is 0 Å². The van der Waals surface area contributed by atoms with E-state index in [1.807, 2.05) is 0 Å². The molecule has 0 aliphatic carbocycles. The van der Waals surface area contributed by atoms with Gasteiger partial charge in [0.1, 0.15) is 0 Å². The molecule has 0 saturated carbocycles. The average Bonchev–Trinajstić information content (AvgIpc) is 2.22. The summed E-state index contributed by atoms with van der Waals surface area (Å²) in [5, 5.41) is 1.15. The summed E-state index contributed by atoms with van der Waals surface area (Å²) < 4.78 is 0. The van der Waals surface area contributed by atoms with Gasteiger partial charge in [-0.25, -0.2) is 0 Å². The summed E-state index contributed by atoms with van der Waals surface area (Å²) >= 11 is 0. The van der Waals surface area contributed by atoms with E-state index in [1.165, 1.54) is 0 Å². The number of nitrogens with zero attached hydrogens (tertiary/aromatic N) is 2. The van der Waals surface area contributed by atoms with Gasteiger partial charge in [-0.1, -0.05) is 0 Å². The molecule has 0 aliphatic heterocycles. The predicted octanol–water partition coefficient (Wildman–Crippen LogP) is -1.26. The van der Waals surface area contributed by atoms with Crippen LogP contribution in [0.15, 0.2) is 0 Å². The van der Waals surface area contributed by atoms with Gasteiger partial charge in [0.05, 0.1) is 13.1 Å². The number of rotatable bonds is 7. The molecule has 23 heavy (non-hydrogen) atoms. The molecule has 0 spiro atoms. The van der Waals surface area contributed by atoms with E-state index in [4.69, 9.17) is 0 Å². The van der Waals surface area contributed by atoms with Crippen molar-refractivity contribution in [1.82, 2.24) is 10.5 Å². The molecule has 0 unspecified atom stereocenters. The van der Waals surface area contributed by atoms with E-state index >= 15 is 0 Å². The molecule has 0 aliphatic rings. The molecule has 3 radical (unpaired) electrons. The number of carbonyl (C=O) groups excluding carboxylic acids is 4. The smallest absolute Gasteiger partial charge is 0.326 e. The third kappa shape index (κ3) is 20.3. The van der Waals surface area contributed by atoms with Crippen LogP contribution in [0, 0.1) is 0 Å². The number of hydrogen-bond donors (Lipinski definition) is 0. The zero-order valence-corrected chi connectivity index (χ0v) is 18.9. The Balaban J connectivity index is -0.000000602. The topological polar surface area (TPSA) is 112 Å². The second kappa shape index (κ2) is 17.1. The van der Waals surface area contributed by atoms with Gasteiger partial charge >= 0.3 is 23.9 Å². The van der Waals surface area contributed by atoms with Gasteiger partial charge in [-0.2, -0.15) is 0 Å².